The van der Waals surface area contributed by atoms with Crippen LogP contribution in [-0.4, -0.2) is 16.5 Å². The molecule has 0 aliphatic heterocycles. The van der Waals surface area contributed by atoms with Crippen LogP contribution < -0.4 is 5.11 Å². The smallest absolute Gasteiger partial charge is 0.369 e. The highest BCUT2D eigenvalue weighted by Gasteiger charge is 2.30. The van der Waals surface area contributed by atoms with Crippen molar-refractivity contribution >= 4 is 11.7 Å². The third-order valence-corrected chi connectivity index (χ3v) is 1.02. The van der Waals surface area contributed by atoms with E-state index in [0.717, 1.165) is 0 Å². The van der Waals surface area contributed by atoms with Crippen LogP contribution in [0.5, 0.6) is 0 Å². The Kier molecular flexibility index (Phi) is 2.32. The molecule has 0 fully saturated rings. The average Bonchev–Trinajstić information content (AvgIpc) is 1.60. The number of carboxylic acids is 1. The van der Waals surface area contributed by atoms with Crippen LogP contribution in [0.4, 0.5) is 0 Å². The van der Waals surface area contributed by atoms with Gasteiger partial charge in [-0.25, -0.2) is 0 Å². The SMILES string of the molecule is CC(C)(C)C(=[N+]=N)C(=O)[O-]. The highest BCUT2D eigenvalue weighted by atomic mass is 16.4. The molecule has 0 unspecified atom stereocenters. The Morgan fingerprint density at radius 1 is 1.50 bits per heavy atom. The molecule has 0 radical (unpaired) electrons. The molecule has 0 atom stereocenters. The summed E-state index contributed by atoms with van der Waals surface area (Å²) < 4.78 is 0. The van der Waals surface area contributed by atoms with Crippen LogP contribution in [0.15, 0.2) is 0 Å². The van der Waals surface area contributed by atoms with E-state index in [1.165, 1.54) is 0 Å². The number of aliphatic carboxylic acids is 1. The van der Waals surface area contributed by atoms with Crippen molar-refractivity contribution in [3.05, 3.63) is 0 Å². The van der Waals surface area contributed by atoms with Gasteiger partial charge in [-0.2, -0.15) is 0 Å². The third kappa shape index (κ3) is 1.99. The summed E-state index contributed by atoms with van der Waals surface area (Å²) in [6, 6.07) is 0. The van der Waals surface area contributed by atoms with Gasteiger partial charge in [-0.3, -0.25) is 0 Å². The predicted octanol–water partition coefficient (Wildman–Crippen LogP) is -0.537. The molecule has 0 aliphatic rings. The van der Waals surface area contributed by atoms with E-state index in [1.54, 1.807) is 20.8 Å². The molecule has 0 spiro atoms. The van der Waals surface area contributed by atoms with Crippen molar-refractivity contribution in [3.63, 3.8) is 0 Å². The molecule has 0 bridgehead atoms. The third-order valence-electron chi connectivity index (χ3n) is 1.02. The zero-order valence-corrected chi connectivity index (χ0v) is 6.26. The maximum absolute atomic E-state index is 10.2. The number of hydrogen-bond acceptors (Lipinski definition) is 3. The molecule has 0 heterocycles. The highest BCUT2D eigenvalue weighted by molar-refractivity contribution is 6.33. The van der Waals surface area contributed by atoms with E-state index in [0.29, 0.717) is 0 Å². The molecule has 0 aromatic heterocycles. The van der Waals surface area contributed by atoms with Gasteiger partial charge in [0.05, 0.1) is 15.7 Å². The molecular formula is C6H10N2O2. The fourth-order valence-electron chi connectivity index (χ4n) is 0.520. The van der Waals surface area contributed by atoms with Crippen molar-refractivity contribution in [2.75, 3.05) is 0 Å². The van der Waals surface area contributed by atoms with Crippen LogP contribution in [-0.2, 0) is 4.79 Å². The number of carbonyl (C=O) groups is 1. The second-order valence-electron chi connectivity index (χ2n) is 3.00. The summed E-state index contributed by atoms with van der Waals surface area (Å²) >= 11 is 0. The summed E-state index contributed by atoms with van der Waals surface area (Å²) in [5.41, 5.74) is 5.67. The lowest BCUT2D eigenvalue weighted by Crippen LogP contribution is -2.40. The molecule has 0 aromatic rings. The minimum atomic E-state index is -1.37. The monoisotopic (exact) mass is 142 g/mol. The van der Waals surface area contributed by atoms with Gasteiger partial charge in [-0.1, -0.05) is 0 Å². The van der Waals surface area contributed by atoms with Crippen molar-refractivity contribution in [1.29, 1.82) is 5.53 Å². The highest BCUT2D eigenvalue weighted by Crippen LogP contribution is 2.13. The van der Waals surface area contributed by atoms with Crippen LogP contribution in [0.3, 0.4) is 0 Å². The van der Waals surface area contributed by atoms with Gasteiger partial charge in [0.15, 0.2) is 5.97 Å². The topological polar surface area (TPSA) is 78.1 Å². The van der Waals surface area contributed by atoms with Crippen LogP contribution >= 0.6 is 0 Å². The van der Waals surface area contributed by atoms with E-state index in [9.17, 15) is 9.90 Å². The van der Waals surface area contributed by atoms with Crippen LogP contribution in [0.1, 0.15) is 20.8 Å². The Hall–Kier alpha value is -1.15. The number of rotatable bonds is 1. The van der Waals surface area contributed by atoms with Gasteiger partial charge in [0, 0.05) is 0 Å². The fraction of sp³-hybridized carbons (Fsp3) is 0.667. The summed E-state index contributed by atoms with van der Waals surface area (Å²) in [5.74, 6) is -1.37. The average molecular weight is 142 g/mol. The van der Waals surface area contributed by atoms with Gasteiger partial charge in [0.25, 0.3) is 0 Å². The predicted molar refractivity (Wildman–Crippen MR) is 32.4 cm³/mol. The zero-order chi connectivity index (χ0) is 8.36. The lowest BCUT2D eigenvalue weighted by molar-refractivity contribution is -0.300. The van der Waals surface area contributed by atoms with Crippen molar-refractivity contribution in [2.24, 2.45) is 5.41 Å². The molecule has 56 valence electrons. The minimum Gasteiger partial charge on any atom is -0.539 e. The van der Waals surface area contributed by atoms with Crippen LogP contribution in [0.25, 0.3) is 0 Å². The van der Waals surface area contributed by atoms with E-state index < -0.39 is 11.4 Å². The number of carboxylic acid groups (broad SMARTS) is 1. The first-order valence-corrected chi connectivity index (χ1v) is 2.86. The van der Waals surface area contributed by atoms with E-state index in [-0.39, 0.29) is 5.71 Å². The molecule has 10 heavy (non-hydrogen) atoms. The Balaban J connectivity index is 4.74. The summed E-state index contributed by atoms with van der Waals surface area (Å²) in [5, 5.41) is 10.2. The Labute approximate surface area is 59.1 Å². The van der Waals surface area contributed by atoms with Gasteiger partial charge in [-0.15, -0.1) is 0 Å². The first-order valence-electron chi connectivity index (χ1n) is 2.86. The lowest BCUT2D eigenvalue weighted by atomic mass is 9.90. The van der Waals surface area contributed by atoms with Crippen LogP contribution in [0.2, 0.25) is 0 Å². The lowest BCUT2D eigenvalue weighted by Gasteiger charge is -2.09. The summed E-state index contributed by atoms with van der Waals surface area (Å²) in [6.45, 7) is 4.99. The van der Waals surface area contributed by atoms with Crippen molar-refractivity contribution in [2.45, 2.75) is 20.8 Å². The van der Waals surface area contributed by atoms with Crippen molar-refractivity contribution < 1.29 is 14.7 Å². The maximum Gasteiger partial charge on any atom is 0.369 e. The van der Waals surface area contributed by atoms with Gasteiger partial charge in [0.1, 0.15) is 0 Å². The molecule has 0 amide bonds. The van der Waals surface area contributed by atoms with E-state index in [2.05, 4.69) is 4.79 Å². The Bertz CT molecular complexity index is 196. The molecule has 1 N–H and O–H groups in total. The van der Waals surface area contributed by atoms with Gasteiger partial charge >= 0.3 is 5.71 Å². The standard InChI is InChI=1S/C6H10N2O2/c1-6(2,3)4(8-7)5(9)10/h7H,1-3H3. The minimum absolute atomic E-state index is 0.229. The molecule has 4 heteroatoms. The summed E-state index contributed by atoms with van der Waals surface area (Å²) in [7, 11) is 0. The summed E-state index contributed by atoms with van der Waals surface area (Å²) in [6.07, 6.45) is 0. The van der Waals surface area contributed by atoms with E-state index >= 15 is 0 Å². The zero-order valence-electron chi connectivity index (χ0n) is 6.26. The number of nitrogens with one attached hydrogen (secondary N) is 1. The maximum atomic E-state index is 10.2. The van der Waals surface area contributed by atoms with Crippen molar-refractivity contribution in [1.82, 2.24) is 0 Å². The quantitative estimate of drug-likeness (QED) is 0.303. The van der Waals surface area contributed by atoms with Crippen molar-refractivity contribution in [3.8, 4) is 0 Å². The second kappa shape index (κ2) is 2.62. The number of hydrogen-bond donors (Lipinski definition) is 1. The molecule has 0 rings (SSSR count). The van der Waals surface area contributed by atoms with Gasteiger partial charge < -0.3 is 9.90 Å². The molecule has 0 aromatic carbocycles. The first kappa shape index (κ1) is 8.85. The first-order chi connectivity index (χ1) is 4.39. The summed E-state index contributed by atoms with van der Waals surface area (Å²) in [4.78, 5) is 13.1. The Morgan fingerprint density at radius 2 is 1.90 bits per heavy atom. The fourth-order valence-corrected chi connectivity index (χ4v) is 0.520. The number of nitrogens with zero attached hydrogens (tertiary/aromatic N) is 1. The molecule has 0 saturated heterocycles. The Morgan fingerprint density at radius 3 is 1.90 bits per heavy atom. The van der Waals surface area contributed by atoms with Crippen LogP contribution in [0, 0.1) is 10.9 Å². The number of carbonyl (C=O) groups excluding carboxylic acids is 1. The molecular weight excluding hydrogens is 132 g/mol. The van der Waals surface area contributed by atoms with Gasteiger partial charge in [0.2, 0.25) is 0 Å². The normalized spacial score (nSPS) is 10.3. The molecule has 0 aliphatic carbocycles. The molecule has 0 saturated carbocycles. The second-order valence-corrected chi connectivity index (χ2v) is 3.00. The van der Waals surface area contributed by atoms with Gasteiger partial charge in [-0.05, 0) is 20.8 Å². The van der Waals surface area contributed by atoms with E-state index in [1.807, 2.05) is 0 Å². The largest absolute Gasteiger partial charge is 0.539 e. The van der Waals surface area contributed by atoms with E-state index in [4.69, 9.17) is 5.53 Å². The molecule has 4 nitrogen and oxygen atoms in total.